The van der Waals surface area contributed by atoms with Gasteiger partial charge in [0.2, 0.25) is 15.9 Å². The zero-order valence-electron chi connectivity index (χ0n) is 13.3. The van der Waals surface area contributed by atoms with Crippen molar-refractivity contribution in [3.63, 3.8) is 0 Å². The van der Waals surface area contributed by atoms with Gasteiger partial charge in [-0.3, -0.25) is 4.79 Å². The first-order valence-electron chi connectivity index (χ1n) is 6.66. The predicted molar refractivity (Wildman–Crippen MR) is 86.5 cm³/mol. The Balaban J connectivity index is 0.000000823. The third kappa shape index (κ3) is 10.8. The number of methoxy groups -OCH3 is 1. The van der Waals surface area contributed by atoms with Crippen molar-refractivity contribution >= 4 is 33.6 Å². The van der Waals surface area contributed by atoms with Crippen LogP contribution in [-0.2, 0) is 29.1 Å². The number of benzene rings is 1. The number of hydrogen-bond acceptors (Lipinski definition) is 7. The SMILES string of the molecule is COCCNCC(=O)Nc1cccc(S(N)(=O)=O)c1.O=C(O)C(=O)O. The van der Waals surface area contributed by atoms with Crippen LogP contribution in [0.1, 0.15) is 0 Å². The third-order valence-electron chi connectivity index (χ3n) is 2.40. The fourth-order valence-electron chi connectivity index (χ4n) is 1.33. The number of rotatable bonds is 7. The molecule has 0 spiro atoms. The van der Waals surface area contributed by atoms with Crippen molar-refractivity contribution < 1.29 is 37.8 Å². The molecule has 0 aliphatic heterocycles. The summed E-state index contributed by atoms with van der Waals surface area (Å²) >= 11 is 0. The van der Waals surface area contributed by atoms with Gasteiger partial charge in [-0.25, -0.2) is 23.1 Å². The van der Waals surface area contributed by atoms with Gasteiger partial charge in [0.15, 0.2) is 0 Å². The van der Waals surface area contributed by atoms with Crippen molar-refractivity contribution in [2.75, 3.05) is 32.1 Å². The second-order valence-electron chi connectivity index (χ2n) is 4.40. The quantitative estimate of drug-likeness (QED) is 0.283. The molecular formula is C13H19N3O8S. The van der Waals surface area contributed by atoms with Crippen LogP contribution >= 0.6 is 0 Å². The summed E-state index contributed by atoms with van der Waals surface area (Å²) in [7, 11) is -2.20. The topological polar surface area (TPSA) is 185 Å². The molecule has 25 heavy (non-hydrogen) atoms. The summed E-state index contributed by atoms with van der Waals surface area (Å²) < 4.78 is 27.1. The first kappa shape index (κ1) is 22.5. The van der Waals surface area contributed by atoms with Crippen LogP contribution in [0.15, 0.2) is 29.2 Å². The van der Waals surface area contributed by atoms with Crippen molar-refractivity contribution in [3.8, 4) is 0 Å². The molecule has 1 amide bonds. The number of carboxylic acid groups (broad SMARTS) is 2. The molecule has 0 atom stereocenters. The largest absolute Gasteiger partial charge is 0.473 e. The van der Waals surface area contributed by atoms with Gasteiger partial charge in [0, 0.05) is 19.3 Å². The van der Waals surface area contributed by atoms with Gasteiger partial charge in [0.05, 0.1) is 18.0 Å². The molecule has 12 heteroatoms. The number of primary sulfonamides is 1. The first-order chi connectivity index (χ1) is 11.6. The zero-order chi connectivity index (χ0) is 19.5. The van der Waals surface area contributed by atoms with Gasteiger partial charge in [0.1, 0.15) is 0 Å². The van der Waals surface area contributed by atoms with E-state index in [0.29, 0.717) is 18.8 Å². The number of hydrogen-bond donors (Lipinski definition) is 5. The van der Waals surface area contributed by atoms with E-state index in [1.807, 2.05) is 0 Å². The van der Waals surface area contributed by atoms with Gasteiger partial charge in [-0.15, -0.1) is 0 Å². The zero-order valence-corrected chi connectivity index (χ0v) is 14.1. The van der Waals surface area contributed by atoms with Crippen LogP contribution < -0.4 is 15.8 Å². The molecule has 1 rings (SSSR count). The molecule has 11 nitrogen and oxygen atoms in total. The Kier molecular flexibility index (Phi) is 9.96. The lowest BCUT2D eigenvalue weighted by Gasteiger charge is -2.07. The average molecular weight is 377 g/mol. The molecule has 0 unspecified atom stereocenters. The highest BCUT2D eigenvalue weighted by Gasteiger charge is 2.09. The molecule has 0 aromatic heterocycles. The highest BCUT2D eigenvalue weighted by atomic mass is 32.2. The van der Waals surface area contributed by atoms with Crippen molar-refractivity contribution in [2.24, 2.45) is 5.14 Å². The van der Waals surface area contributed by atoms with E-state index >= 15 is 0 Å². The molecule has 1 aromatic rings. The number of amides is 1. The molecule has 0 aliphatic rings. The van der Waals surface area contributed by atoms with Gasteiger partial charge < -0.3 is 25.6 Å². The predicted octanol–water partition coefficient (Wildman–Crippen LogP) is -1.34. The standard InChI is InChI=1S/C11H17N3O4S.C2H2O4/c1-18-6-5-13-8-11(15)14-9-3-2-4-10(7-9)19(12,16)17;3-1(4)2(5)6/h2-4,7,13H,5-6,8H2,1H3,(H,14,15)(H2,12,16,17);(H,3,4)(H,5,6). The summed E-state index contributed by atoms with van der Waals surface area (Å²) in [5.74, 6) is -3.92. The number of carbonyl (C=O) groups is 3. The molecule has 0 saturated heterocycles. The molecule has 0 fully saturated rings. The lowest BCUT2D eigenvalue weighted by molar-refractivity contribution is -0.159. The van der Waals surface area contributed by atoms with Crippen molar-refractivity contribution in [3.05, 3.63) is 24.3 Å². The van der Waals surface area contributed by atoms with Crippen LogP contribution in [0, 0.1) is 0 Å². The highest BCUT2D eigenvalue weighted by Crippen LogP contribution is 2.13. The molecule has 0 radical (unpaired) electrons. The van der Waals surface area contributed by atoms with Crippen LogP contribution in [0.4, 0.5) is 5.69 Å². The number of sulfonamides is 1. The van der Waals surface area contributed by atoms with Crippen LogP contribution in [-0.4, -0.2) is 63.3 Å². The summed E-state index contributed by atoms with van der Waals surface area (Å²) in [4.78, 5) is 29.7. The molecule has 0 saturated carbocycles. The van der Waals surface area contributed by atoms with Gasteiger partial charge in [-0.1, -0.05) is 6.07 Å². The fourth-order valence-corrected chi connectivity index (χ4v) is 1.89. The van der Waals surface area contributed by atoms with E-state index in [4.69, 9.17) is 29.7 Å². The third-order valence-corrected chi connectivity index (χ3v) is 3.31. The minimum atomic E-state index is -3.77. The number of carboxylic acids is 2. The second-order valence-corrected chi connectivity index (χ2v) is 5.96. The number of carbonyl (C=O) groups excluding carboxylic acids is 1. The van der Waals surface area contributed by atoms with Crippen LogP contribution in [0.25, 0.3) is 0 Å². The van der Waals surface area contributed by atoms with E-state index in [1.165, 1.54) is 18.2 Å². The Morgan fingerprint density at radius 3 is 2.28 bits per heavy atom. The van der Waals surface area contributed by atoms with Crippen LogP contribution in [0.2, 0.25) is 0 Å². The van der Waals surface area contributed by atoms with E-state index in [1.54, 1.807) is 13.2 Å². The molecule has 0 aliphatic carbocycles. The van der Waals surface area contributed by atoms with Crippen LogP contribution in [0.5, 0.6) is 0 Å². The van der Waals surface area contributed by atoms with E-state index in [9.17, 15) is 13.2 Å². The van der Waals surface area contributed by atoms with Gasteiger partial charge in [0.25, 0.3) is 0 Å². The number of nitrogens with two attached hydrogens (primary N) is 1. The highest BCUT2D eigenvalue weighted by molar-refractivity contribution is 7.89. The Hall–Kier alpha value is -2.54. The Morgan fingerprint density at radius 1 is 1.20 bits per heavy atom. The molecule has 1 aromatic carbocycles. The normalized spacial score (nSPS) is 10.3. The van der Waals surface area contributed by atoms with Crippen molar-refractivity contribution in [1.82, 2.24) is 5.32 Å². The summed E-state index contributed by atoms with van der Waals surface area (Å²) in [6, 6.07) is 5.76. The van der Waals surface area contributed by atoms with Gasteiger partial charge in [-0.05, 0) is 18.2 Å². The number of nitrogens with one attached hydrogen (secondary N) is 2. The maximum absolute atomic E-state index is 11.5. The number of ether oxygens (including phenoxy) is 1. The Labute approximate surface area is 143 Å². The minimum absolute atomic E-state index is 0.0438. The number of anilines is 1. The minimum Gasteiger partial charge on any atom is -0.473 e. The Bertz CT molecular complexity index is 693. The number of aliphatic carboxylic acids is 2. The lowest BCUT2D eigenvalue weighted by atomic mass is 10.3. The summed E-state index contributed by atoms with van der Waals surface area (Å²) in [6.45, 7) is 1.18. The molecule has 140 valence electrons. The molecule has 6 N–H and O–H groups in total. The summed E-state index contributed by atoms with van der Waals surface area (Å²) in [5, 5.41) is 25.2. The van der Waals surface area contributed by atoms with Crippen molar-refractivity contribution in [2.45, 2.75) is 4.90 Å². The monoisotopic (exact) mass is 377 g/mol. The second kappa shape index (κ2) is 11.1. The molecule has 0 bridgehead atoms. The van der Waals surface area contributed by atoms with E-state index in [-0.39, 0.29) is 17.3 Å². The fraction of sp³-hybridized carbons (Fsp3) is 0.308. The summed E-state index contributed by atoms with van der Waals surface area (Å²) in [5.41, 5.74) is 0.380. The molecular weight excluding hydrogens is 358 g/mol. The smallest absolute Gasteiger partial charge is 0.414 e. The summed E-state index contributed by atoms with van der Waals surface area (Å²) in [6.07, 6.45) is 0. The van der Waals surface area contributed by atoms with E-state index < -0.39 is 22.0 Å². The van der Waals surface area contributed by atoms with E-state index in [2.05, 4.69) is 10.6 Å². The lowest BCUT2D eigenvalue weighted by Crippen LogP contribution is -2.30. The maximum Gasteiger partial charge on any atom is 0.414 e. The van der Waals surface area contributed by atoms with Crippen LogP contribution in [0.3, 0.4) is 0 Å². The maximum atomic E-state index is 11.5. The van der Waals surface area contributed by atoms with Gasteiger partial charge in [-0.2, -0.15) is 0 Å². The molecule has 0 heterocycles. The van der Waals surface area contributed by atoms with Crippen molar-refractivity contribution in [1.29, 1.82) is 0 Å². The van der Waals surface area contributed by atoms with Gasteiger partial charge >= 0.3 is 11.9 Å². The average Bonchev–Trinajstić information content (AvgIpc) is 2.51. The van der Waals surface area contributed by atoms with E-state index in [0.717, 1.165) is 0 Å². The Morgan fingerprint density at radius 2 is 1.80 bits per heavy atom. The first-order valence-corrected chi connectivity index (χ1v) is 8.21.